The molecule has 2 aromatic carbocycles. The van der Waals surface area contributed by atoms with Crippen molar-refractivity contribution in [1.82, 2.24) is 19.7 Å². The van der Waals surface area contributed by atoms with E-state index in [1.165, 1.54) is 22.9 Å². The van der Waals surface area contributed by atoms with E-state index in [0.717, 1.165) is 29.5 Å². The monoisotopic (exact) mass is 463 g/mol. The zero-order valence-corrected chi connectivity index (χ0v) is 20.9. The maximum atomic E-state index is 13.5. The summed E-state index contributed by atoms with van der Waals surface area (Å²) in [5.74, 6) is 1.06. The predicted octanol–water partition coefficient (Wildman–Crippen LogP) is 4.80. The van der Waals surface area contributed by atoms with Crippen LogP contribution in [-0.4, -0.2) is 51.0 Å². The Morgan fingerprint density at radius 3 is 2.52 bits per heavy atom. The second kappa shape index (κ2) is 10.1. The molecule has 0 saturated carbocycles. The van der Waals surface area contributed by atoms with Gasteiger partial charge in [-0.25, -0.2) is 0 Å². The van der Waals surface area contributed by atoms with Gasteiger partial charge in [0.15, 0.2) is 11.0 Å². The number of aromatic nitrogens is 3. The maximum Gasteiger partial charge on any atom is 0.240 e. The van der Waals surface area contributed by atoms with Crippen LogP contribution in [0.4, 0.5) is 5.69 Å². The molecular weight excluding hydrogens is 430 g/mol. The Bertz CT molecular complexity index is 1100. The first-order valence-electron chi connectivity index (χ1n) is 11.6. The lowest BCUT2D eigenvalue weighted by molar-refractivity contribution is -0.118. The number of fused-ring (bicyclic) bond motifs is 1. The van der Waals surface area contributed by atoms with Gasteiger partial charge in [-0.1, -0.05) is 67.2 Å². The molecule has 1 aliphatic heterocycles. The van der Waals surface area contributed by atoms with Crippen molar-refractivity contribution in [2.24, 2.45) is 0 Å². The summed E-state index contributed by atoms with van der Waals surface area (Å²) in [5, 5.41) is 9.66. The summed E-state index contributed by atoms with van der Waals surface area (Å²) in [6.45, 7) is 6.94. The number of hydrogen-bond acceptors (Lipinski definition) is 5. The average Bonchev–Trinajstić information content (AvgIpc) is 3.34. The van der Waals surface area contributed by atoms with Crippen LogP contribution >= 0.6 is 11.8 Å². The van der Waals surface area contributed by atoms with E-state index in [9.17, 15) is 4.79 Å². The van der Waals surface area contributed by atoms with Gasteiger partial charge in [0.25, 0.3) is 0 Å². The summed E-state index contributed by atoms with van der Waals surface area (Å²) < 4.78 is 2.18. The molecule has 33 heavy (non-hydrogen) atoms. The van der Waals surface area contributed by atoms with Crippen molar-refractivity contribution in [3.8, 4) is 0 Å². The molecule has 3 atom stereocenters. The molecule has 7 heteroatoms. The van der Waals surface area contributed by atoms with Gasteiger partial charge in [-0.05, 0) is 58.0 Å². The van der Waals surface area contributed by atoms with Crippen LogP contribution in [0.25, 0.3) is 0 Å². The number of anilines is 1. The van der Waals surface area contributed by atoms with E-state index in [1.54, 1.807) is 0 Å². The number of para-hydroxylation sites is 1. The zero-order chi connectivity index (χ0) is 23.5. The quantitative estimate of drug-likeness (QED) is 0.449. The predicted molar refractivity (Wildman–Crippen MR) is 135 cm³/mol. The van der Waals surface area contributed by atoms with Crippen LogP contribution in [0.1, 0.15) is 50.2 Å². The molecule has 4 rings (SSSR count). The highest BCUT2D eigenvalue weighted by Crippen LogP contribution is 2.35. The van der Waals surface area contributed by atoms with Gasteiger partial charge in [-0.3, -0.25) is 9.69 Å². The third-order valence-corrected chi connectivity index (χ3v) is 7.38. The Labute approximate surface area is 201 Å². The van der Waals surface area contributed by atoms with Crippen LogP contribution in [0.2, 0.25) is 0 Å². The number of hydrogen-bond donors (Lipinski definition) is 0. The number of carbonyl (C=O) groups is 1. The molecule has 0 saturated heterocycles. The van der Waals surface area contributed by atoms with Crippen LogP contribution in [0.3, 0.4) is 0 Å². The first-order chi connectivity index (χ1) is 15.9. The summed E-state index contributed by atoms with van der Waals surface area (Å²) in [6, 6.07) is 18.9. The average molecular weight is 464 g/mol. The topological polar surface area (TPSA) is 54.3 Å². The summed E-state index contributed by atoms with van der Waals surface area (Å²) >= 11 is 1.50. The van der Waals surface area contributed by atoms with E-state index >= 15 is 0 Å². The van der Waals surface area contributed by atoms with E-state index in [0.29, 0.717) is 6.54 Å². The summed E-state index contributed by atoms with van der Waals surface area (Å²) in [4.78, 5) is 17.7. The number of carbonyl (C=O) groups excluding carboxylic acids is 1. The molecular formula is C26H33N5OS. The van der Waals surface area contributed by atoms with Crippen LogP contribution in [0.15, 0.2) is 59.8 Å². The van der Waals surface area contributed by atoms with Gasteiger partial charge in [0.2, 0.25) is 5.91 Å². The normalized spacial score (nSPS) is 17.3. The highest BCUT2D eigenvalue weighted by molar-refractivity contribution is 8.00. The van der Waals surface area contributed by atoms with Gasteiger partial charge in [0, 0.05) is 11.7 Å². The van der Waals surface area contributed by atoms with Crippen molar-refractivity contribution in [3.63, 3.8) is 0 Å². The maximum absolute atomic E-state index is 13.5. The molecule has 0 aliphatic carbocycles. The lowest BCUT2D eigenvalue weighted by atomic mass is 10.1. The lowest BCUT2D eigenvalue weighted by Gasteiger charge is -2.26. The fraction of sp³-hybridized carbons (Fsp3) is 0.423. The molecule has 3 aromatic rings. The lowest BCUT2D eigenvalue weighted by Crippen LogP contribution is -2.40. The van der Waals surface area contributed by atoms with Crippen LogP contribution in [0.5, 0.6) is 0 Å². The number of amides is 1. The highest BCUT2D eigenvalue weighted by atomic mass is 32.2. The van der Waals surface area contributed by atoms with Gasteiger partial charge in [-0.15, -0.1) is 10.2 Å². The first kappa shape index (κ1) is 23.5. The fourth-order valence-electron chi connectivity index (χ4n) is 4.63. The van der Waals surface area contributed by atoms with Crippen molar-refractivity contribution >= 4 is 23.4 Å². The fourth-order valence-corrected chi connectivity index (χ4v) is 5.54. The van der Waals surface area contributed by atoms with Crippen LogP contribution < -0.4 is 4.90 Å². The number of rotatable bonds is 8. The molecule has 0 spiro atoms. The Morgan fingerprint density at radius 2 is 1.82 bits per heavy atom. The van der Waals surface area contributed by atoms with Gasteiger partial charge in [0.1, 0.15) is 0 Å². The molecule has 174 valence electrons. The largest absolute Gasteiger partial charge is 0.308 e. The van der Waals surface area contributed by atoms with E-state index in [2.05, 4.69) is 65.8 Å². The molecule has 0 N–H and O–H groups in total. The van der Waals surface area contributed by atoms with Crippen molar-refractivity contribution in [1.29, 1.82) is 0 Å². The molecule has 0 unspecified atom stereocenters. The van der Waals surface area contributed by atoms with Crippen LogP contribution in [-0.2, 0) is 17.8 Å². The van der Waals surface area contributed by atoms with Crippen LogP contribution in [0, 0.1) is 0 Å². The van der Waals surface area contributed by atoms with E-state index in [4.69, 9.17) is 0 Å². The third-order valence-electron chi connectivity index (χ3n) is 6.31. The smallest absolute Gasteiger partial charge is 0.240 e. The van der Waals surface area contributed by atoms with E-state index < -0.39 is 0 Å². The Hall–Kier alpha value is -2.64. The van der Waals surface area contributed by atoms with Crippen molar-refractivity contribution in [2.45, 2.75) is 62.6 Å². The highest BCUT2D eigenvalue weighted by Gasteiger charge is 2.34. The summed E-state index contributed by atoms with van der Waals surface area (Å²) in [6.07, 6.45) is 1.83. The Balaban J connectivity index is 1.62. The minimum atomic E-state index is -0.274. The minimum absolute atomic E-state index is 0.118. The van der Waals surface area contributed by atoms with Gasteiger partial charge < -0.3 is 9.47 Å². The van der Waals surface area contributed by atoms with Gasteiger partial charge in [0.05, 0.1) is 17.8 Å². The van der Waals surface area contributed by atoms with E-state index in [1.807, 2.05) is 48.2 Å². The summed E-state index contributed by atoms with van der Waals surface area (Å²) in [7, 11) is 4.14. The van der Waals surface area contributed by atoms with E-state index in [-0.39, 0.29) is 23.2 Å². The first-order valence-corrected chi connectivity index (χ1v) is 12.5. The zero-order valence-electron chi connectivity index (χ0n) is 20.1. The van der Waals surface area contributed by atoms with Crippen molar-refractivity contribution < 1.29 is 4.79 Å². The van der Waals surface area contributed by atoms with Gasteiger partial charge >= 0.3 is 0 Å². The second-order valence-electron chi connectivity index (χ2n) is 8.95. The molecule has 0 fully saturated rings. The molecule has 1 amide bonds. The number of benzene rings is 2. The Kier molecular flexibility index (Phi) is 7.20. The summed E-state index contributed by atoms with van der Waals surface area (Å²) in [5.41, 5.74) is 3.46. The molecule has 0 bridgehead atoms. The van der Waals surface area contributed by atoms with Crippen molar-refractivity contribution in [3.05, 3.63) is 71.5 Å². The molecule has 0 radical (unpaired) electrons. The molecule has 6 nitrogen and oxygen atoms in total. The molecule has 1 aromatic heterocycles. The number of nitrogens with zero attached hydrogens (tertiary/aromatic N) is 5. The standard InChI is InChI=1S/C26H33N5OS/c1-6-22(29(4)5)24-27-28-26(30(24)17-20-12-8-7-9-13-20)33-19(3)25(32)31-18(2)16-21-14-10-11-15-23(21)31/h7-15,18-19,22H,6,16-17H2,1-5H3/t18-,19+,22-/m0/s1. The third kappa shape index (κ3) is 4.84. The minimum Gasteiger partial charge on any atom is -0.308 e. The van der Waals surface area contributed by atoms with Crippen molar-refractivity contribution in [2.75, 3.05) is 19.0 Å². The Morgan fingerprint density at radius 1 is 1.12 bits per heavy atom. The number of thioether (sulfide) groups is 1. The molecule has 2 heterocycles. The SMILES string of the molecule is CC[C@@H](c1nnc(S[C@H](C)C(=O)N2c3ccccc3C[C@@H]2C)n1Cc1ccccc1)N(C)C. The van der Waals surface area contributed by atoms with Gasteiger partial charge in [-0.2, -0.15) is 0 Å². The molecule has 1 aliphatic rings. The second-order valence-corrected chi connectivity index (χ2v) is 10.3.